The minimum atomic E-state index is -0.349. The number of rotatable bonds is 1. The number of nitrogens with one attached hydrogen (secondary N) is 1. The molecule has 0 bridgehead atoms. The van der Waals surface area contributed by atoms with Crippen LogP contribution in [0.3, 0.4) is 0 Å². The van der Waals surface area contributed by atoms with E-state index in [1.807, 2.05) is 25.1 Å². The number of benzene rings is 1. The van der Waals surface area contributed by atoms with Crippen LogP contribution in [-0.4, -0.2) is 9.97 Å². The maximum Gasteiger partial charge on any atom is 0.344 e. The Balaban J connectivity index is 2.58. The summed E-state index contributed by atoms with van der Waals surface area (Å²) in [5, 5.41) is 0.668. The van der Waals surface area contributed by atoms with E-state index >= 15 is 0 Å². The predicted molar refractivity (Wildman–Crippen MR) is 60.0 cm³/mol. The van der Waals surface area contributed by atoms with Crippen LogP contribution in [0.15, 0.2) is 35.4 Å². The summed E-state index contributed by atoms with van der Waals surface area (Å²) in [4.78, 5) is 17.0. The van der Waals surface area contributed by atoms with Crippen LogP contribution >= 0.6 is 11.6 Å². The Bertz CT molecular complexity index is 528. The second-order valence-electron chi connectivity index (χ2n) is 3.27. The summed E-state index contributed by atoms with van der Waals surface area (Å²) in [5.41, 5.74) is 2.58. The Morgan fingerprint density at radius 1 is 1.40 bits per heavy atom. The van der Waals surface area contributed by atoms with Gasteiger partial charge in [-0.05, 0) is 30.2 Å². The summed E-state index contributed by atoms with van der Waals surface area (Å²) in [6.07, 6.45) is 3.17. The van der Waals surface area contributed by atoms with E-state index in [2.05, 4.69) is 9.97 Å². The van der Waals surface area contributed by atoms with Gasteiger partial charge in [-0.2, -0.15) is 0 Å². The van der Waals surface area contributed by atoms with Crippen molar-refractivity contribution in [3.05, 3.63) is 51.7 Å². The van der Waals surface area contributed by atoms with Crippen LogP contribution in [0.25, 0.3) is 11.1 Å². The molecule has 1 heterocycles. The fraction of sp³-hybridized carbons (Fsp3) is 0.0909. The molecule has 1 N–H and O–H groups in total. The van der Waals surface area contributed by atoms with E-state index in [9.17, 15) is 4.79 Å². The van der Waals surface area contributed by atoms with E-state index in [1.165, 1.54) is 6.20 Å². The number of aromatic amines is 1. The first-order valence-electron chi connectivity index (χ1n) is 4.48. The van der Waals surface area contributed by atoms with Crippen LogP contribution in [0.1, 0.15) is 5.56 Å². The van der Waals surface area contributed by atoms with Crippen LogP contribution in [0.4, 0.5) is 0 Å². The Morgan fingerprint density at radius 3 is 2.87 bits per heavy atom. The van der Waals surface area contributed by atoms with Crippen LogP contribution in [0, 0.1) is 6.92 Å². The largest absolute Gasteiger partial charge is 0.344 e. The Morgan fingerprint density at radius 2 is 2.20 bits per heavy atom. The maximum absolute atomic E-state index is 10.8. The van der Waals surface area contributed by atoms with Crippen LogP contribution in [0.2, 0.25) is 5.02 Å². The summed E-state index contributed by atoms with van der Waals surface area (Å²) in [6.45, 7) is 1.98. The molecule has 0 aliphatic heterocycles. The Kier molecular flexibility index (Phi) is 2.56. The number of aromatic nitrogens is 2. The van der Waals surface area contributed by atoms with Crippen LogP contribution in [0.5, 0.6) is 0 Å². The first-order valence-corrected chi connectivity index (χ1v) is 4.86. The smallest absolute Gasteiger partial charge is 0.312 e. The van der Waals surface area contributed by atoms with E-state index in [0.29, 0.717) is 5.02 Å². The third kappa shape index (κ3) is 2.07. The molecule has 0 atom stereocenters. The quantitative estimate of drug-likeness (QED) is 0.802. The number of halogens is 1. The highest BCUT2D eigenvalue weighted by atomic mass is 35.5. The van der Waals surface area contributed by atoms with Gasteiger partial charge in [-0.1, -0.05) is 17.7 Å². The summed E-state index contributed by atoms with van der Waals surface area (Å²) in [5.74, 6) is 0. The molecule has 2 rings (SSSR count). The van der Waals surface area contributed by atoms with Crippen LogP contribution in [-0.2, 0) is 0 Å². The molecule has 1 aromatic heterocycles. The lowest BCUT2D eigenvalue weighted by molar-refractivity contribution is 1.08. The second kappa shape index (κ2) is 3.87. The van der Waals surface area contributed by atoms with Crippen molar-refractivity contribution in [2.24, 2.45) is 0 Å². The third-order valence-electron chi connectivity index (χ3n) is 2.18. The van der Waals surface area contributed by atoms with Gasteiger partial charge in [0.15, 0.2) is 0 Å². The molecule has 0 radical (unpaired) electrons. The minimum absolute atomic E-state index is 0.349. The van der Waals surface area contributed by atoms with Gasteiger partial charge >= 0.3 is 5.69 Å². The average Bonchev–Trinajstić information content (AvgIpc) is 2.23. The van der Waals surface area contributed by atoms with Crippen molar-refractivity contribution < 1.29 is 0 Å². The molecule has 0 saturated carbocycles. The van der Waals surface area contributed by atoms with Gasteiger partial charge in [-0.25, -0.2) is 9.78 Å². The molecular formula is C11H9ClN2O. The highest BCUT2D eigenvalue weighted by molar-refractivity contribution is 6.30. The predicted octanol–water partition coefficient (Wildman–Crippen LogP) is 2.40. The zero-order valence-corrected chi connectivity index (χ0v) is 8.88. The molecule has 0 aliphatic rings. The standard InChI is InChI=1S/C11H9ClN2O/c1-7-2-3-9(12)4-10(7)8-5-13-11(15)14-6-8/h2-6H,1H3,(H,13,14,15). The molecule has 2 aromatic rings. The van der Waals surface area contributed by atoms with Gasteiger partial charge in [0.25, 0.3) is 0 Å². The summed E-state index contributed by atoms with van der Waals surface area (Å²) in [6, 6.07) is 5.62. The van der Waals surface area contributed by atoms with Crippen molar-refractivity contribution in [2.45, 2.75) is 6.92 Å². The van der Waals surface area contributed by atoms with Crippen molar-refractivity contribution in [3.63, 3.8) is 0 Å². The number of nitrogens with zero attached hydrogens (tertiary/aromatic N) is 1. The van der Waals surface area contributed by atoms with Crippen molar-refractivity contribution >= 4 is 11.6 Å². The number of aryl methyl sites for hydroxylation is 1. The number of H-pyrrole nitrogens is 1. The maximum atomic E-state index is 10.8. The van der Waals surface area contributed by atoms with Crippen molar-refractivity contribution in [1.29, 1.82) is 0 Å². The molecule has 76 valence electrons. The van der Waals surface area contributed by atoms with Gasteiger partial charge in [-0.15, -0.1) is 0 Å². The van der Waals surface area contributed by atoms with E-state index in [-0.39, 0.29) is 5.69 Å². The topological polar surface area (TPSA) is 45.8 Å². The molecule has 0 unspecified atom stereocenters. The fourth-order valence-electron chi connectivity index (χ4n) is 1.39. The zero-order valence-electron chi connectivity index (χ0n) is 8.12. The normalized spacial score (nSPS) is 10.3. The molecule has 1 aromatic carbocycles. The lowest BCUT2D eigenvalue weighted by Gasteiger charge is -2.05. The van der Waals surface area contributed by atoms with E-state index in [4.69, 9.17) is 11.6 Å². The Labute approximate surface area is 91.8 Å². The molecule has 0 spiro atoms. The zero-order chi connectivity index (χ0) is 10.8. The SMILES string of the molecule is Cc1ccc(Cl)cc1-c1cnc(=O)[nH]c1. The second-order valence-corrected chi connectivity index (χ2v) is 3.70. The average molecular weight is 221 g/mol. The molecule has 3 nitrogen and oxygen atoms in total. The lowest BCUT2D eigenvalue weighted by Crippen LogP contribution is -2.08. The summed E-state index contributed by atoms with van der Waals surface area (Å²) >= 11 is 5.91. The van der Waals surface area contributed by atoms with Gasteiger partial charge in [-0.3, -0.25) is 0 Å². The van der Waals surface area contributed by atoms with Gasteiger partial charge in [0, 0.05) is 23.0 Å². The highest BCUT2D eigenvalue weighted by Crippen LogP contribution is 2.24. The molecule has 4 heteroatoms. The first kappa shape index (κ1) is 9.93. The monoisotopic (exact) mass is 220 g/mol. The van der Waals surface area contributed by atoms with Crippen molar-refractivity contribution in [3.8, 4) is 11.1 Å². The fourth-order valence-corrected chi connectivity index (χ4v) is 1.57. The number of hydrogen-bond acceptors (Lipinski definition) is 2. The van der Waals surface area contributed by atoms with Crippen molar-refractivity contribution in [1.82, 2.24) is 9.97 Å². The minimum Gasteiger partial charge on any atom is -0.312 e. The molecular weight excluding hydrogens is 212 g/mol. The van der Waals surface area contributed by atoms with Crippen molar-refractivity contribution in [2.75, 3.05) is 0 Å². The van der Waals surface area contributed by atoms with E-state index < -0.39 is 0 Å². The molecule has 15 heavy (non-hydrogen) atoms. The third-order valence-corrected chi connectivity index (χ3v) is 2.42. The molecule has 0 fully saturated rings. The number of hydrogen-bond donors (Lipinski definition) is 1. The molecule has 0 saturated heterocycles. The van der Waals surface area contributed by atoms with Gasteiger partial charge in [0.1, 0.15) is 0 Å². The summed E-state index contributed by atoms with van der Waals surface area (Å²) in [7, 11) is 0. The molecule has 0 amide bonds. The first-order chi connectivity index (χ1) is 7.16. The van der Waals surface area contributed by atoms with Gasteiger partial charge in [0.05, 0.1) is 0 Å². The summed E-state index contributed by atoms with van der Waals surface area (Å²) < 4.78 is 0. The highest BCUT2D eigenvalue weighted by Gasteiger charge is 2.02. The Hall–Kier alpha value is -1.61. The van der Waals surface area contributed by atoms with E-state index in [1.54, 1.807) is 6.20 Å². The van der Waals surface area contributed by atoms with Gasteiger partial charge < -0.3 is 4.98 Å². The van der Waals surface area contributed by atoms with Gasteiger partial charge in [0.2, 0.25) is 0 Å². The van der Waals surface area contributed by atoms with E-state index in [0.717, 1.165) is 16.7 Å². The van der Waals surface area contributed by atoms with Crippen LogP contribution < -0.4 is 5.69 Å². The lowest BCUT2D eigenvalue weighted by atomic mass is 10.0. The molecule has 0 aliphatic carbocycles.